The minimum absolute atomic E-state index is 0.0205. The highest BCUT2D eigenvalue weighted by Crippen LogP contribution is 2.51. The average Bonchev–Trinajstić information content (AvgIpc) is 3.67. The third-order valence-electron chi connectivity index (χ3n) is 15.7. The van der Waals surface area contributed by atoms with E-state index >= 15 is 0 Å². The molecular weight excluding hydrogens is 824 g/mol. The molecule has 3 aliphatic rings. The maximum atomic E-state index is 6.03. The van der Waals surface area contributed by atoms with Gasteiger partial charge in [0.1, 0.15) is 11.6 Å². The lowest BCUT2D eigenvalue weighted by Crippen LogP contribution is -2.62. The summed E-state index contributed by atoms with van der Waals surface area (Å²) in [5.74, 6) is 2.05. The van der Waals surface area contributed by atoms with E-state index in [0.29, 0.717) is 0 Å². The van der Waals surface area contributed by atoms with Gasteiger partial charge < -0.3 is 4.90 Å². The monoisotopic (exact) mass is 897 g/mol. The van der Waals surface area contributed by atoms with Crippen LogP contribution in [0.2, 0.25) is 0 Å². The molecule has 0 fully saturated rings. The molecule has 0 spiro atoms. The highest BCUT2D eigenvalue weighted by molar-refractivity contribution is 7.00. The van der Waals surface area contributed by atoms with Crippen molar-refractivity contribution in [3.63, 3.8) is 0 Å². The van der Waals surface area contributed by atoms with Crippen molar-refractivity contribution in [3.05, 3.63) is 161 Å². The van der Waals surface area contributed by atoms with Crippen LogP contribution in [-0.4, -0.2) is 16.3 Å². The van der Waals surface area contributed by atoms with E-state index in [0.717, 1.165) is 34.9 Å². The van der Waals surface area contributed by atoms with Crippen molar-refractivity contribution < 1.29 is 0 Å². The first-order valence-corrected chi connectivity index (χ1v) is 25.2. The minimum Gasteiger partial charge on any atom is -0.311 e. The van der Waals surface area contributed by atoms with Crippen molar-refractivity contribution >= 4 is 57.5 Å². The molecule has 0 bridgehead atoms. The highest BCUT2D eigenvalue weighted by Gasteiger charge is 2.48. The number of fused-ring (bicyclic) bond motifs is 5. The molecule has 2 aliphatic heterocycles. The zero-order valence-corrected chi connectivity index (χ0v) is 43.9. The number of para-hydroxylation sites is 1. The Morgan fingerprint density at radius 1 is 0.456 bits per heavy atom. The van der Waals surface area contributed by atoms with Gasteiger partial charge in [0, 0.05) is 39.7 Å². The maximum Gasteiger partial charge on any atom is 0.277 e. The summed E-state index contributed by atoms with van der Waals surface area (Å²) in [6.45, 7) is 37.5. The molecule has 0 saturated carbocycles. The normalized spacial score (nSPS) is 16.3. The number of aromatic nitrogens is 2. The van der Waals surface area contributed by atoms with Crippen LogP contribution >= 0.6 is 0 Å². The molecule has 3 heterocycles. The molecule has 5 heteroatoms. The first-order chi connectivity index (χ1) is 31.7. The fraction of sp³-hybridized carbons (Fsp3) is 0.381. The summed E-state index contributed by atoms with van der Waals surface area (Å²) in [7, 11) is 0. The Kier molecular flexibility index (Phi) is 10.4. The van der Waals surface area contributed by atoms with Gasteiger partial charge in [-0.1, -0.05) is 184 Å². The van der Waals surface area contributed by atoms with Gasteiger partial charge in [-0.25, -0.2) is 4.98 Å². The number of nitrogens with zero attached hydrogens (tertiary/aromatic N) is 4. The molecule has 1 aromatic heterocycles. The fourth-order valence-electron chi connectivity index (χ4n) is 11.2. The summed E-state index contributed by atoms with van der Waals surface area (Å²) in [4.78, 5) is 11.2. The summed E-state index contributed by atoms with van der Waals surface area (Å²) in [6.07, 6.45) is 2.31. The molecule has 10 rings (SSSR count). The number of imidazole rings is 1. The second kappa shape index (κ2) is 15.3. The van der Waals surface area contributed by atoms with Crippen LogP contribution in [0.15, 0.2) is 127 Å². The van der Waals surface area contributed by atoms with Crippen LogP contribution in [0.25, 0.3) is 17.1 Å². The van der Waals surface area contributed by atoms with Crippen molar-refractivity contribution in [3.8, 4) is 17.1 Å². The lowest BCUT2D eigenvalue weighted by Gasteiger charge is -2.45. The standard InChI is InChI=1S/C63H73BN4/c1-58(2,3)41-24-22-40(23-25-41)56-65-55-57(68(56)45-20-18-17-19-21-45)67(47-31-32-48-49(39-47)63(15,16)35-34-62(48,13)14)53-38-44(61(10,11)12)37-52-54(53)64(55)50-36-43(60(7,8)9)28-33-51(50)66(52)46-29-26-42(27-30-46)59(4,5)6/h17-33,36-39H,34-35H2,1-16H3. The minimum atomic E-state index is -0.146. The van der Waals surface area contributed by atoms with E-state index in [-0.39, 0.29) is 39.2 Å². The molecule has 7 aromatic rings. The largest absolute Gasteiger partial charge is 0.311 e. The van der Waals surface area contributed by atoms with Gasteiger partial charge >= 0.3 is 0 Å². The van der Waals surface area contributed by atoms with Crippen molar-refractivity contribution in [2.75, 3.05) is 9.80 Å². The Labute approximate surface area is 408 Å². The smallest absolute Gasteiger partial charge is 0.277 e. The third kappa shape index (κ3) is 7.55. The Morgan fingerprint density at radius 3 is 1.54 bits per heavy atom. The van der Waals surface area contributed by atoms with E-state index < -0.39 is 0 Å². The zero-order valence-electron chi connectivity index (χ0n) is 43.9. The quantitative estimate of drug-likeness (QED) is 0.165. The van der Waals surface area contributed by atoms with Gasteiger partial charge in [-0.2, -0.15) is 0 Å². The topological polar surface area (TPSA) is 24.3 Å². The molecule has 348 valence electrons. The van der Waals surface area contributed by atoms with Gasteiger partial charge in [0.05, 0.1) is 5.59 Å². The van der Waals surface area contributed by atoms with Crippen LogP contribution in [0.1, 0.15) is 157 Å². The first-order valence-electron chi connectivity index (χ1n) is 25.2. The van der Waals surface area contributed by atoms with E-state index in [9.17, 15) is 0 Å². The Bertz CT molecular complexity index is 3080. The van der Waals surface area contributed by atoms with Crippen LogP contribution in [0, 0.1) is 0 Å². The number of hydrogen-bond acceptors (Lipinski definition) is 3. The number of benzene rings is 6. The van der Waals surface area contributed by atoms with Crippen LogP contribution in [0.4, 0.5) is 34.3 Å². The lowest BCUT2D eigenvalue weighted by molar-refractivity contribution is 0.332. The van der Waals surface area contributed by atoms with E-state index in [1.807, 2.05) is 0 Å². The molecular formula is C63H73BN4. The molecule has 1 aliphatic carbocycles. The molecule has 0 N–H and O–H groups in total. The van der Waals surface area contributed by atoms with Crippen LogP contribution < -0.4 is 26.3 Å². The maximum absolute atomic E-state index is 6.03. The summed E-state index contributed by atoms with van der Waals surface area (Å²) in [5, 5.41) is 0. The summed E-state index contributed by atoms with van der Waals surface area (Å²) in [5.41, 5.74) is 20.0. The van der Waals surface area contributed by atoms with Crippen LogP contribution in [0.5, 0.6) is 0 Å². The van der Waals surface area contributed by atoms with Gasteiger partial charge in [-0.15, -0.1) is 0 Å². The van der Waals surface area contributed by atoms with E-state index in [2.05, 4.69) is 253 Å². The van der Waals surface area contributed by atoms with Gasteiger partial charge in [0.2, 0.25) is 0 Å². The van der Waals surface area contributed by atoms with Gasteiger partial charge in [-0.3, -0.25) is 9.47 Å². The van der Waals surface area contributed by atoms with Crippen LogP contribution in [0.3, 0.4) is 0 Å². The summed E-state index contributed by atoms with van der Waals surface area (Å²) >= 11 is 0. The number of anilines is 6. The SMILES string of the molecule is CC(C)(C)c1ccc(-c2nc3c(n2-c2ccccc2)N(c2ccc4c(c2)C(C)(C)CCC4(C)C)c2cc(C(C)(C)C)cc4c2B3c2cc(C(C)(C)C)ccc2N4c2ccc(C(C)(C)C)cc2)cc1. The number of hydrogen-bond donors (Lipinski definition) is 0. The van der Waals surface area contributed by atoms with Crippen molar-refractivity contribution in [1.82, 2.24) is 9.55 Å². The van der Waals surface area contributed by atoms with Crippen molar-refractivity contribution in [2.45, 2.75) is 156 Å². The fourth-order valence-corrected chi connectivity index (χ4v) is 11.2. The molecule has 68 heavy (non-hydrogen) atoms. The molecule has 0 saturated heterocycles. The second-order valence-corrected chi connectivity index (χ2v) is 25.7. The first kappa shape index (κ1) is 46.0. The van der Waals surface area contributed by atoms with Gasteiger partial charge in [0.25, 0.3) is 6.71 Å². The predicted molar refractivity (Wildman–Crippen MR) is 293 cm³/mol. The zero-order chi connectivity index (χ0) is 48.7. The lowest BCUT2D eigenvalue weighted by atomic mass is 9.35. The molecule has 0 unspecified atom stereocenters. The van der Waals surface area contributed by atoms with Crippen molar-refractivity contribution in [2.24, 2.45) is 0 Å². The van der Waals surface area contributed by atoms with Crippen molar-refractivity contribution in [1.29, 1.82) is 0 Å². The second-order valence-electron chi connectivity index (χ2n) is 25.7. The summed E-state index contributed by atoms with van der Waals surface area (Å²) in [6, 6.07) is 49.3. The molecule has 0 radical (unpaired) electrons. The Morgan fingerprint density at radius 2 is 0.971 bits per heavy atom. The van der Waals surface area contributed by atoms with E-state index in [1.54, 1.807) is 0 Å². The average molecular weight is 897 g/mol. The molecule has 4 nitrogen and oxygen atoms in total. The van der Waals surface area contributed by atoms with Crippen LogP contribution in [-0.2, 0) is 32.5 Å². The van der Waals surface area contributed by atoms with E-state index in [4.69, 9.17) is 4.98 Å². The van der Waals surface area contributed by atoms with Gasteiger partial charge in [0.15, 0.2) is 0 Å². The highest BCUT2D eigenvalue weighted by atomic mass is 15.3. The summed E-state index contributed by atoms with van der Waals surface area (Å²) < 4.78 is 2.48. The molecule has 6 aromatic carbocycles. The number of rotatable bonds is 4. The Hall–Kier alpha value is -5.81. The van der Waals surface area contributed by atoms with Gasteiger partial charge in [-0.05, 0) is 144 Å². The molecule has 0 atom stereocenters. The molecule has 0 amide bonds. The third-order valence-corrected chi connectivity index (χ3v) is 15.7. The van der Waals surface area contributed by atoms with E-state index in [1.165, 1.54) is 79.2 Å². The predicted octanol–water partition coefficient (Wildman–Crippen LogP) is 15.2. The Balaban J connectivity index is 1.37.